The van der Waals surface area contributed by atoms with Crippen LogP contribution < -0.4 is 15.1 Å². The summed E-state index contributed by atoms with van der Waals surface area (Å²) in [6.45, 7) is 2.18. The Labute approximate surface area is 192 Å². The number of carbonyl (C=O) groups is 3. The lowest BCUT2D eigenvalue weighted by molar-refractivity contribution is -0.140. The third-order valence-corrected chi connectivity index (χ3v) is 5.88. The summed E-state index contributed by atoms with van der Waals surface area (Å²) in [7, 11) is 1.29. The Hall–Kier alpha value is -3.71. The molecule has 33 heavy (non-hydrogen) atoms. The highest BCUT2D eigenvalue weighted by Gasteiger charge is 2.36. The number of benzene rings is 3. The highest BCUT2D eigenvalue weighted by atomic mass is 16.5. The third kappa shape index (κ3) is 4.73. The largest absolute Gasteiger partial charge is 0.468 e. The van der Waals surface area contributed by atoms with Gasteiger partial charge in [0.25, 0.3) is 0 Å². The van der Waals surface area contributed by atoms with Gasteiger partial charge in [-0.2, -0.15) is 0 Å². The summed E-state index contributed by atoms with van der Waals surface area (Å²) in [6.07, 6.45) is 0.303. The van der Waals surface area contributed by atoms with E-state index in [2.05, 4.69) is 17.4 Å². The minimum Gasteiger partial charge on any atom is -0.468 e. The molecular formula is C26H27N3O4. The van der Waals surface area contributed by atoms with Gasteiger partial charge in [0.15, 0.2) is 0 Å². The maximum atomic E-state index is 13.6. The van der Waals surface area contributed by atoms with E-state index in [1.807, 2.05) is 36.4 Å². The number of methoxy groups -OCH3 is 1. The zero-order valence-corrected chi connectivity index (χ0v) is 18.8. The molecule has 1 heterocycles. The second-order valence-electron chi connectivity index (χ2n) is 7.96. The molecule has 0 saturated carbocycles. The van der Waals surface area contributed by atoms with Gasteiger partial charge >= 0.3 is 5.97 Å². The summed E-state index contributed by atoms with van der Waals surface area (Å²) in [5, 5.41) is 5.58. The summed E-state index contributed by atoms with van der Waals surface area (Å²) in [4.78, 5) is 41.5. The molecule has 0 bridgehead atoms. The number of nitrogens with one attached hydrogen (secondary N) is 1. The van der Waals surface area contributed by atoms with Crippen molar-refractivity contribution in [1.29, 1.82) is 0 Å². The molecule has 0 aromatic heterocycles. The molecular weight excluding hydrogens is 418 g/mol. The van der Waals surface area contributed by atoms with Crippen molar-refractivity contribution < 1.29 is 19.1 Å². The van der Waals surface area contributed by atoms with Crippen LogP contribution >= 0.6 is 0 Å². The van der Waals surface area contributed by atoms with Crippen molar-refractivity contribution in [3.63, 3.8) is 0 Å². The van der Waals surface area contributed by atoms with Crippen LogP contribution in [0.1, 0.15) is 18.9 Å². The number of carbonyl (C=O) groups excluding carboxylic acids is 3. The molecule has 170 valence electrons. The Kier molecular flexibility index (Phi) is 6.70. The summed E-state index contributed by atoms with van der Waals surface area (Å²) >= 11 is 0. The van der Waals surface area contributed by atoms with E-state index in [0.717, 1.165) is 16.3 Å². The highest BCUT2D eigenvalue weighted by Crippen LogP contribution is 2.33. The van der Waals surface area contributed by atoms with E-state index < -0.39 is 12.0 Å². The van der Waals surface area contributed by atoms with E-state index >= 15 is 0 Å². The van der Waals surface area contributed by atoms with E-state index in [4.69, 9.17) is 4.74 Å². The van der Waals surface area contributed by atoms with Crippen LogP contribution in [0.4, 0.5) is 11.4 Å². The average Bonchev–Trinajstić information content (AvgIpc) is 2.97. The van der Waals surface area contributed by atoms with Crippen molar-refractivity contribution in [2.24, 2.45) is 0 Å². The Bertz CT molecular complexity index is 1190. The minimum absolute atomic E-state index is 0.0901. The molecule has 0 spiro atoms. The fraction of sp³-hybridized carbons (Fsp3) is 0.269. The van der Waals surface area contributed by atoms with E-state index in [-0.39, 0.29) is 24.9 Å². The van der Waals surface area contributed by atoms with Crippen LogP contribution in [0.25, 0.3) is 10.8 Å². The summed E-state index contributed by atoms with van der Waals surface area (Å²) in [6, 6.07) is 20.7. The number of esters is 1. The lowest BCUT2D eigenvalue weighted by Crippen LogP contribution is -2.51. The number of para-hydroxylation sites is 2. The molecule has 7 heteroatoms. The lowest BCUT2D eigenvalue weighted by atomic mass is 10.1. The number of hydrogen-bond acceptors (Lipinski definition) is 5. The SMILES string of the molecule is CCC(=O)N1CC(NCc2ccc3ccccc3c2)C(=O)N(CC(=O)OC)c2ccccc21. The van der Waals surface area contributed by atoms with Gasteiger partial charge in [-0.3, -0.25) is 19.3 Å². The van der Waals surface area contributed by atoms with Gasteiger partial charge in [-0.15, -0.1) is 0 Å². The zero-order valence-electron chi connectivity index (χ0n) is 18.8. The monoisotopic (exact) mass is 445 g/mol. The fourth-order valence-corrected chi connectivity index (χ4v) is 4.11. The Morgan fingerprint density at radius 1 is 1.00 bits per heavy atom. The number of nitrogens with zero attached hydrogens (tertiary/aromatic N) is 2. The Morgan fingerprint density at radius 3 is 2.42 bits per heavy atom. The lowest BCUT2D eigenvalue weighted by Gasteiger charge is -2.24. The number of anilines is 2. The molecule has 0 saturated heterocycles. The van der Waals surface area contributed by atoms with Crippen molar-refractivity contribution in [2.45, 2.75) is 25.9 Å². The van der Waals surface area contributed by atoms with Gasteiger partial charge in [-0.25, -0.2) is 0 Å². The molecule has 1 atom stereocenters. The number of ether oxygens (including phenoxy) is 1. The average molecular weight is 446 g/mol. The number of fused-ring (bicyclic) bond motifs is 2. The van der Waals surface area contributed by atoms with Crippen LogP contribution in [0, 0.1) is 0 Å². The molecule has 0 aliphatic carbocycles. The molecule has 2 amide bonds. The van der Waals surface area contributed by atoms with Crippen molar-refractivity contribution in [1.82, 2.24) is 5.32 Å². The highest BCUT2D eigenvalue weighted by molar-refractivity contribution is 6.08. The maximum absolute atomic E-state index is 13.6. The van der Waals surface area contributed by atoms with Crippen molar-refractivity contribution in [3.05, 3.63) is 72.3 Å². The molecule has 3 aromatic carbocycles. The third-order valence-electron chi connectivity index (χ3n) is 5.88. The van der Waals surface area contributed by atoms with Crippen molar-refractivity contribution in [3.8, 4) is 0 Å². The van der Waals surface area contributed by atoms with Gasteiger partial charge in [0.1, 0.15) is 12.6 Å². The first kappa shape index (κ1) is 22.5. The molecule has 1 aliphatic rings. The summed E-state index contributed by atoms with van der Waals surface area (Å²) < 4.78 is 4.82. The second-order valence-corrected chi connectivity index (χ2v) is 7.96. The fourth-order valence-electron chi connectivity index (χ4n) is 4.11. The van der Waals surface area contributed by atoms with Crippen LogP contribution in [-0.2, 0) is 25.7 Å². The van der Waals surface area contributed by atoms with Gasteiger partial charge in [-0.1, -0.05) is 55.5 Å². The van der Waals surface area contributed by atoms with E-state index in [1.54, 1.807) is 30.0 Å². The normalized spacial score (nSPS) is 15.8. The molecule has 1 unspecified atom stereocenters. The topological polar surface area (TPSA) is 79.0 Å². The maximum Gasteiger partial charge on any atom is 0.325 e. The molecule has 4 rings (SSSR count). The van der Waals surface area contributed by atoms with Gasteiger partial charge in [0.2, 0.25) is 11.8 Å². The van der Waals surface area contributed by atoms with Crippen LogP contribution in [-0.4, -0.2) is 44.0 Å². The van der Waals surface area contributed by atoms with Crippen LogP contribution in [0.5, 0.6) is 0 Å². The smallest absolute Gasteiger partial charge is 0.325 e. The van der Waals surface area contributed by atoms with Gasteiger partial charge in [0, 0.05) is 13.0 Å². The van der Waals surface area contributed by atoms with Crippen molar-refractivity contribution in [2.75, 3.05) is 30.0 Å². The Balaban J connectivity index is 1.65. The molecule has 3 aromatic rings. The predicted molar refractivity (Wildman–Crippen MR) is 128 cm³/mol. The first-order chi connectivity index (χ1) is 16.0. The molecule has 0 radical (unpaired) electrons. The molecule has 0 fully saturated rings. The van der Waals surface area contributed by atoms with Crippen LogP contribution in [0.2, 0.25) is 0 Å². The molecule has 7 nitrogen and oxygen atoms in total. The molecule has 1 aliphatic heterocycles. The number of amides is 2. The first-order valence-corrected chi connectivity index (χ1v) is 11.0. The number of rotatable bonds is 6. The zero-order chi connectivity index (χ0) is 23.4. The van der Waals surface area contributed by atoms with Gasteiger partial charge in [0.05, 0.1) is 25.0 Å². The standard InChI is InChI=1S/C26H27N3O4/c1-3-24(30)28-16-21(27-15-18-12-13-19-8-4-5-9-20(19)14-18)26(32)29(17-25(31)33-2)23-11-7-6-10-22(23)28/h4-14,21,27H,3,15-17H2,1-2H3. The summed E-state index contributed by atoms with van der Waals surface area (Å²) in [5.41, 5.74) is 2.15. The van der Waals surface area contributed by atoms with Gasteiger partial charge < -0.3 is 15.0 Å². The van der Waals surface area contributed by atoms with E-state index in [0.29, 0.717) is 24.3 Å². The van der Waals surface area contributed by atoms with E-state index in [9.17, 15) is 14.4 Å². The first-order valence-electron chi connectivity index (χ1n) is 11.0. The summed E-state index contributed by atoms with van der Waals surface area (Å²) in [5.74, 6) is -0.894. The van der Waals surface area contributed by atoms with Crippen LogP contribution in [0.15, 0.2) is 66.7 Å². The predicted octanol–water partition coefficient (Wildman–Crippen LogP) is 3.26. The number of hydrogen-bond donors (Lipinski definition) is 1. The molecule has 1 N–H and O–H groups in total. The van der Waals surface area contributed by atoms with Crippen LogP contribution in [0.3, 0.4) is 0 Å². The quantitative estimate of drug-likeness (QED) is 0.590. The van der Waals surface area contributed by atoms with Crippen molar-refractivity contribution >= 4 is 39.9 Å². The van der Waals surface area contributed by atoms with Gasteiger partial charge in [-0.05, 0) is 34.5 Å². The Morgan fingerprint density at radius 2 is 1.70 bits per heavy atom. The second kappa shape index (κ2) is 9.83. The van der Waals surface area contributed by atoms with E-state index in [1.165, 1.54) is 12.0 Å². The minimum atomic E-state index is -0.691.